The quantitative estimate of drug-likeness (QED) is 0.840. The smallest absolute Gasteiger partial charge is 0.230 e. The Bertz CT molecular complexity index is 452. The molecule has 20 heavy (non-hydrogen) atoms. The summed E-state index contributed by atoms with van der Waals surface area (Å²) in [5.74, 6) is 0.116. The molecule has 0 radical (unpaired) electrons. The minimum Gasteiger partial charge on any atom is -0.384 e. The van der Waals surface area contributed by atoms with Crippen molar-refractivity contribution in [3.63, 3.8) is 0 Å². The SMILES string of the molecule is COCC1(C(=O)NC(C)Cc2ccc(C)s2)CCNC1. The molecule has 1 amide bonds. The largest absolute Gasteiger partial charge is 0.384 e. The van der Waals surface area contributed by atoms with Crippen LogP contribution in [0.4, 0.5) is 0 Å². The molecule has 0 aromatic carbocycles. The van der Waals surface area contributed by atoms with Crippen molar-refractivity contribution in [2.45, 2.75) is 32.7 Å². The van der Waals surface area contributed by atoms with Crippen molar-refractivity contribution in [2.24, 2.45) is 5.41 Å². The molecule has 1 aromatic heterocycles. The van der Waals surface area contributed by atoms with Crippen LogP contribution < -0.4 is 10.6 Å². The van der Waals surface area contributed by atoms with Crippen molar-refractivity contribution in [3.05, 3.63) is 21.9 Å². The van der Waals surface area contributed by atoms with E-state index in [-0.39, 0.29) is 11.9 Å². The molecule has 2 heterocycles. The maximum absolute atomic E-state index is 12.5. The van der Waals surface area contributed by atoms with Gasteiger partial charge in [0.2, 0.25) is 5.91 Å². The number of thiophene rings is 1. The molecule has 2 rings (SSSR count). The van der Waals surface area contributed by atoms with Crippen LogP contribution in [0.25, 0.3) is 0 Å². The molecule has 2 atom stereocenters. The van der Waals surface area contributed by atoms with E-state index in [4.69, 9.17) is 4.74 Å². The van der Waals surface area contributed by atoms with E-state index in [0.29, 0.717) is 13.2 Å². The summed E-state index contributed by atoms with van der Waals surface area (Å²) in [7, 11) is 1.66. The third kappa shape index (κ3) is 3.59. The highest BCUT2D eigenvalue weighted by molar-refractivity contribution is 7.11. The first kappa shape index (κ1) is 15.5. The molecule has 112 valence electrons. The van der Waals surface area contributed by atoms with Crippen molar-refractivity contribution in [1.29, 1.82) is 0 Å². The van der Waals surface area contributed by atoms with Crippen LogP contribution in [0.3, 0.4) is 0 Å². The van der Waals surface area contributed by atoms with Crippen LogP contribution in [0, 0.1) is 12.3 Å². The molecule has 5 heteroatoms. The summed E-state index contributed by atoms with van der Waals surface area (Å²) < 4.78 is 5.25. The Kier molecular flexibility index (Phi) is 5.18. The maximum Gasteiger partial charge on any atom is 0.230 e. The fourth-order valence-corrected chi connectivity index (χ4v) is 3.75. The summed E-state index contributed by atoms with van der Waals surface area (Å²) in [4.78, 5) is 15.2. The highest BCUT2D eigenvalue weighted by Crippen LogP contribution is 2.26. The first-order chi connectivity index (χ1) is 9.55. The second kappa shape index (κ2) is 6.70. The lowest BCUT2D eigenvalue weighted by Gasteiger charge is -2.28. The van der Waals surface area contributed by atoms with Crippen molar-refractivity contribution in [2.75, 3.05) is 26.8 Å². The molecule has 1 saturated heterocycles. The number of nitrogens with one attached hydrogen (secondary N) is 2. The van der Waals surface area contributed by atoms with Gasteiger partial charge in [-0.2, -0.15) is 0 Å². The average Bonchev–Trinajstić information content (AvgIpc) is 3.00. The molecule has 1 aliphatic heterocycles. The predicted molar refractivity (Wildman–Crippen MR) is 82.2 cm³/mol. The highest BCUT2D eigenvalue weighted by atomic mass is 32.1. The minimum absolute atomic E-state index is 0.116. The first-order valence-corrected chi connectivity index (χ1v) is 7.93. The van der Waals surface area contributed by atoms with Gasteiger partial charge in [-0.3, -0.25) is 4.79 Å². The van der Waals surface area contributed by atoms with Gasteiger partial charge in [-0.15, -0.1) is 11.3 Å². The normalized spacial score (nSPS) is 23.8. The standard InChI is InChI=1S/C15H24N2O2S/c1-11(8-13-5-4-12(2)20-13)17-14(18)15(10-19-3)6-7-16-9-15/h4-5,11,16H,6-10H2,1-3H3,(H,17,18). The maximum atomic E-state index is 12.5. The fraction of sp³-hybridized carbons (Fsp3) is 0.667. The lowest BCUT2D eigenvalue weighted by atomic mass is 9.86. The highest BCUT2D eigenvalue weighted by Gasteiger charge is 2.41. The van der Waals surface area contributed by atoms with Gasteiger partial charge >= 0.3 is 0 Å². The lowest BCUT2D eigenvalue weighted by molar-refractivity contribution is -0.133. The van der Waals surface area contributed by atoms with Crippen LogP contribution in [-0.2, 0) is 16.0 Å². The van der Waals surface area contributed by atoms with Gasteiger partial charge in [0.05, 0.1) is 12.0 Å². The Labute approximate surface area is 124 Å². The van der Waals surface area contributed by atoms with Gasteiger partial charge in [0.15, 0.2) is 0 Å². The number of hydrogen-bond donors (Lipinski definition) is 2. The second-order valence-electron chi connectivity index (χ2n) is 5.73. The number of hydrogen-bond acceptors (Lipinski definition) is 4. The third-order valence-electron chi connectivity index (χ3n) is 3.83. The summed E-state index contributed by atoms with van der Waals surface area (Å²) in [6.45, 7) is 6.24. The molecule has 1 aromatic rings. The molecule has 0 spiro atoms. The molecular formula is C15H24N2O2S. The summed E-state index contributed by atoms with van der Waals surface area (Å²) in [6.07, 6.45) is 1.73. The molecule has 1 fully saturated rings. The van der Waals surface area contributed by atoms with Crippen molar-refractivity contribution in [3.8, 4) is 0 Å². The molecule has 0 saturated carbocycles. The van der Waals surface area contributed by atoms with Crippen LogP contribution >= 0.6 is 11.3 Å². The Hall–Kier alpha value is -0.910. The third-order valence-corrected chi connectivity index (χ3v) is 4.85. The van der Waals surface area contributed by atoms with Gasteiger partial charge in [0, 0.05) is 35.9 Å². The minimum atomic E-state index is -0.394. The Morgan fingerprint density at radius 1 is 1.60 bits per heavy atom. The number of carbonyl (C=O) groups excluding carboxylic acids is 1. The van der Waals surface area contributed by atoms with Gasteiger partial charge in [0.1, 0.15) is 0 Å². The zero-order valence-electron chi connectivity index (χ0n) is 12.5. The van der Waals surface area contributed by atoms with Crippen LogP contribution in [0.5, 0.6) is 0 Å². The average molecular weight is 296 g/mol. The van der Waals surface area contributed by atoms with E-state index in [1.165, 1.54) is 9.75 Å². The van der Waals surface area contributed by atoms with Crippen LogP contribution in [-0.4, -0.2) is 38.8 Å². The molecule has 2 unspecified atom stereocenters. The molecule has 2 N–H and O–H groups in total. The van der Waals surface area contributed by atoms with Gasteiger partial charge in [0.25, 0.3) is 0 Å². The number of carbonyl (C=O) groups is 1. The summed E-state index contributed by atoms with van der Waals surface area (Å²) in [5.41, 5.74) is -0.394. The fourth-order valence-electron chi connectivity index (χ4n) is 2.73. The zero-order valence-corrected chi connectivity index (χ0v) is 13.3. The molecule has 0 bridgehead atoms. The first-order valence-electron chi connectivity index (χ1n) is 7.12. The monoisotopic (exact) mass is 296 g/mol. The van der Waals surface area contributed by atoms with Crippen LogP contribution in [0.15, 0.2) is 12.1 Å². The number of amides is 1. The van der Waals surface area contributed by atoms with Crippen LogP contribution in [0.2, 0.25) is 0 Å². The summed E-state index contributed by atoms with van der Waals surface area (Å²) in [6, 6.07) is 4.42. The zero-order chi connectivity index (χ0) is 14.6. The van der Waals surface area contributed by atoms with E-state index in [2.05, 4.69) is 36.6 Å². The van der Waals surface area contributed by atoms with E-state index >= 15 is 0 Å². The van der Waals surface area contributed by atoms with E-state index in [1.54, 1.807) is 18.4 Å². The van der Waals surface area contributed by atoms with E-state index in [0.717, 1.165) is 19.4 Å². The number of aryl methyl sites for hydroxylation is 1. The second-order valence-corrected chi connectivity index (χ2v) is 7.10. The topological polar surface area (TPSA) is 50.4 Å². The van der Waals surface area contributed by atoms with Gasteiger partial charge in [-0.1, -0.05) is 0 Å². The Balaban J connectivity index is 1.92. The molecule has 4 nitrogen and oxygen atoms in total. The van der Waals surface area contributed by atoms with Crippen LogP contribution in [0.1, 0.15) is 23.1 Å². The van der Waals surface area contributed by atoms with Crippen molar-refractivity contribution >= 4 is 17.2 Å². The van der Waals surface area contributed by atoms with E-state index in [1.807, 2.05) is 0 Å². The van der Waals surface area contributed by atoms with Crippen molar-refractivity contribution in [1.82, 2.24) is 10.6 Å². The molecule has 1 aliphatic rings. The number of methoxy groups -OCH3 is 1. The number of rotatable bonds is 6. The molecular weight excluding hydrogens is 272 g/mol. The predicted octanol–water partition coefficient (Wildman–Crippen LogP) is 1.73. The number of ether oxygens (including phenoxy) is 1. The van der Waals surface area contributed by atoms with Crippen molar-refractivity contribution < 1.29 is 9.53 Å². The summed E-state index contributed by atoms with van der Waals surface area (Å²) in [5, 5.41) is 6.42. The van der Waals surface area contributed by atoms with Gasteiger partial charge < -0.3 is 15.4 Å². The Morgan fingerprint density at radius 3 is 2.95 bits per heavy atom. The van der Waals surface area contributed by atoms with E-state index < -0.39 is 5.41 Å². The summed E-state index contributed by atoms with van der Waals surface area (Å²) >= 11 is 1.80. The van der Waals surface area contributed by atoms with Gasteiger partial charge in [-0.25, -0.2) is 0 Å². The molecule has 0 aliphatic carbocycles. The Morgan fingerprint density at radius 2 is 2.40 bits per heavy atom. The van der Waals surface area contributed by atoms with Gasteiger partial charge in [-0.05, 0) is 38.9 Å². The van der Waals surface area contributed by atoms with E-state index in [9.17, 15) is 4.79 Å². The lowest BCUT2D eigenvalue weighted by Crippen LogP contribution is -2.48.